The number of carbonyl (C=O) groups excluding carboxylic acids is 1. The van der Waals surface area contributed by atoms with Crippen molar-refractivity contribution in [2.24, 2.45) is 0 Å². The Hall–Kier alpha value is -2.41. The fraction of sp³-hybridized carbons (Fsp3) is 0.444. The zero-order chi connectivity index (χ0) is 17.4. The molecular formula is C18H19FN2O4. The predicted molar refractivity (Wildman–Crippen MR) is 85.9 cm³/mol. The van der Waals surface area contributed by atoms with Crippen LogP contribution in [0, 0.1) is 12.7 Å². The monoisotopic (exact) mass is 346 g/mol. The summed E-state index contributed by atoms with van der Waals surface area (Å²) in [6.45, 7) is 2.72. The number of hydrogen-bond donors (Lipinski definition) is 0. The van der Waals surface area contributed by atoms with Crippen molar-refractivity contribution in [2.45, 2.75) is 38.0 Å². The van der Waals surface area contributed by atoms with Crippen molar-refractivity contribution in [2.75, 3.05) is 13.2 Å². The van der Waals surface area contributed by atoms with Gasteiger partial charge in [-0.1, -0.05) is 0 Å². The average Bonchev–Trinajstić information content (AvgIpc) is 3.23. The Labute approximate surface area is 144 Å². The molecule has 3 atom stereocenters. The molecule has 0 radical (unpaired) electrons. The van der Waals surface area contributed by atoms with Gasteiger partial charge < -0.3 is 18.8 Å². The second-order valence-electron chi connectivity index (χ2n) is 6.32. The van der Waals surface area contributed by atoms with Gasteiger partial charge >= 0.3 is 0 Å². The Morgan fingerprint density at radius 3 is 3.04 bits per heavy atom. The van der Waals surface area contributed by atoms with Crippen molar-refractivity contribution in [3.8, 4) is 5.88 Å². The van der Waals surface area contributed by atoms with Gasteiger partial charge in [0, 0.05) is 12.7 Å². The van der Waals surface area contributed by atoms with Crippen LogP contribution in [-0.2, 0) is 4.74 Å². The van der Waals surface area contributed by atoms with E-state index in [1.807, 2.05) is 4.90 Å². The van der Waals surface area contributed by atoms with Gasteiger partial charge in [-0.15, -0.1) is 0 Å². The molecule has 0 N–H and O–H groups in total. The second-order valence-corrected chi connectivity index (χ2v) is 6.32. The highest BCUT2D eigenvalue weighted by molar-refractivity contribution is 5.95. The molecule has 3 heterocycles. The fourth-order valence-electron chi connectivity index (χ4n) is 3.66. The molecule has 1 aliphatic heterocycles. The SMILES string of the molecule is Cc1occc1C(=O)N1CCO[C@H]2[C@H](Oc3ncccc3F)CC[C@@H]21. The Morgan fingerprint density at radius 2 is 2.28 bits per heavy atom. The smallest absolute Gasteiger partial charge is 0.257 e. The van der Waals surface area contributed by atoms with E-state index in [9.17, 15) is 9.18 Å². The standard InChI is InChI=1S/C18H19FN2O4/c1-11-12(6-9-23-11)18(22)21-8-10-24-16-14(21)4-5-15(16)25-17-13(19)3-2-7-20-17/h2-3,6-7,9,14-16H,4-5,8,10H2,1H3/t14-,15+,16+/m0/s1. The number of morpholine rings is 1. The van der Waals surface area contributed by atoms with Gasteiger partial charge in [-0.25, -0.2) is 9.37 Å². The van der Waals surface area contributed by atoms with Gasteiger partial charge in [0.15, 0.2) is 5.82 Å². The van der Waals surface area contributed by atoms with Crippen LogP contribution in [0.15, 0.2) is 35.1 Å². The van der Waals surface area contributed by atoms with E-state index in [0.29, 0.717) is 30.9 Å². The number of aromatic nitrogens is 1. The van der Waals surface area contributed by atoms with E-state index in [1.165, 1.54) is 24.6 Å². The third-order valence-corrected chi connectivity index (χ3v) is 4.87. The number of hydrogen-bond acceptors (Lipinski definition) is 5. The van der Waals surface area contributed by atoms with Crippen molar-refractivity contribution in [3.05, 3.63) is 47.8 Å². The van der Waals surface area contributed by atoms with Crippen LogP contribution in [0.3, 0.4) is 0 Å². The van der Waals surface area contributed by atoms with Gasteiger partial charge in [-0.2, -0.15) is 0 Å². The Bertz CT molecular complexity index is 778. The van der Waals surface area contributed by atoms with E-state index in [1.54, 1.807) is 13.0 Å². The number of ether oxygens (including phenoxy) is 2. The molecule has 0 unspecified atom stereocenters. The highest BCUT2D eigenvalue weighted by Crippen LogP contribution is 2.34. The van der Waals surface area contributed by atoms with E-state index >= 15 is 0 Å². The van der Waals surface area contributed by atoms with E-state index in [2.05, 4.69) is 4.98 Å². The van der Waals surface area contributed by atoms with Crippen LogP contribution in [0.1, 0.15) is 29.0 Å². The Kier molecular flexibility index (Phi) is 4.17. The minimum atomic E-state index is -0.497. The quantitative estimate of drug-likeness (QED) is 0.855. The van der Waals surface area contributed by atoms with Gasteiger partial charge in [-0.3, -0.25) is 4.79 Å². The number of halogens is 1. The molecule has 132 valence electrons. The average molecular weight is 346 g/mol. The minimum Gasteiger partial charge on any atom is -0.469 e. The lowest BCUT2D eigenvalue weighted by atomic mass is 10.1. The van der Waals surface area contributed by atoms with Gasteiger partial charge in [0.25, 0.3) is 11.8 Å². The molecule has 2 fully saturated rings. The number of rotatable bonds is 3. The molecule has 2 aromatic rings. The van der Waals surface area contributed by atoms with Crippen LogP contribution in [0.25, 0.3) is 0 Å². The Morgan fingerprint density at radius 1 is 1.40 bits per heavy atom. The summed E-state index contributed by atoms with van der Waals surface area (Å²) in [5, 5.41) is 0. The topological polar surface area (TPSA) is 64.8 Å². The lowest BCUT2D eigenvalue weighted by molar-refractivity contribution is -0.0799. The molecule has 0 spiro atoms. The molecule has 4 rings (SSSR count). The third kappa shape index (κ3) is 2.89. The zero-order valence-corrected chi connectivity index (χ0v) is 13.9. The summed E-state index contributed by atoms with van der Waals surface area (Å²) in [5.74, 6) is 0.0261. The maximum atomic E-state index is 13.8. The van der Waals surface area contributed by atoms with E-state index in [0.717, 1.165) is 6.42 Å². The summed E-state index contributed by atoms with van der Waals surface area (Å²) in [6, 6.07) is 4.43. The van der Waals surface area contributed by atoms with Crippen molar-refractivity contribution in [1.82, 2.24) is 9.88 Å². The first kappa shape index (κ1) is 16.1. The van der Waals surface area contributed by atoms with Crippen LogP contribution in [0.2, 0.25) is 0 Å². The number of aryl methyl sites for hydroxylation is 1. The van der Waals surface area contributed by atoms with Gasteiger partial charge in [0.1, 0.15) is 18.0 Å². The number of fused-ring (bicyclic) bond motifs is 1. The summed E-state index contributed by atoms with van der Waals surface area (Å²) in [6.07, 6.45) is 3.82. The lowest BCUT2D eigenvalue weighted by Crippen LogP contribution is -2.54. The summed E-state index contributed by atoms with van der Waals surface area (Å²) in [5.41, 5.74) is 0.570. The summed E-state index contributed by atoms with van der Waals surface area (Å²) < 4.78 is 30.7. The lowest BCUT2D eigenvalue weighted by Gasteiger charge is -2.38. The zero-order valence-electron chi connectivity index (χ0n) is 13.9. The van der Waals surface area contributed by atoms with Crippen LogP contribution < -0.4 is 4.74 Å². The third-order valence-electron chi connectivity index (χ3n) is 4.87. The maximum absolute atomic E-state index is 13.8. The minimum absolute atomic E-state index is 0.0223. The molecular weight excluding hydrogens is 327 g/mol. The van der Waals surface area contributed by atoms with E-state index in [-0.39, 0.29) is 30.0 Å². The number of amides is 1. The summed E-state index contributed by atoms with van der Waals surface area (Å²) >= 11 is 0. The van der Waals surface area contributed by atoms with Crippen molar-refractivity contribution in [1.29, 1.82) is 0 Å². The van der Waals surface area contributed by atoms with Gasteiger partial charge in [0.05, 0.1) is 24.5 Å². The number of carbonyl (C=O) groups is 1. The van der Waals surface area contributed by atoms with Gasteiger partial charge in [0.2, 0.25) is 0 Å². The largest absolute Gasteiger partial charge is 0.469 e. The van der Waals surface area contributed by atoms with Crippen molar-refractivity contribution < 1.29 is 23.1 Å². The maximum Gasteiger partial charge on any atom is 0.257 e. The normalized spacial score (nSPS) is 25.7. The van der Waals surface area contributed by atoms with Gasteiger partial charge in [-0.05, 0) is 38.0 Å². The summed E-state index contributed by atoms with van der Waals surface area (Å²) in [4.78, 5) is 18.6. The van der Waals surface area contributed by atoms with Crippen LogP contribution in [-0.4, -0.2) is 47.2 Å². The van der Waals surface area contributed by atoms with Crippen LogP contribution >= 0.6 is 0 Å². The first-order chi connectivity index (χ1) is 12.1. The highest BCUT2D eigenvalue weighted by Gasteiger charge is 2.46. The molecule has 6 nitrogen and oxygen atoms in total. The molecule has 2 aromatic heterocycles. The molecule has 1 saturated heterocycles. The second kappa shape index (κ2) is 6.48. The molecule has 1 amide bonds. The number of furan rings is 1. The summed E-state index contributed by atoms with van der Waals surface area (Å²) in [7, 11) is 0. The molecule has 1 saturated carbocycles. The first-order valence-electron chi connectivity index (χ1n) is 8.39. The van der Waals surface area contributed by atoms with Crippen LogP contribution in [0.5, 0.6) is 5.88 Å². The molecule has 7 heteroatoms. The van der Waals surface area contributed by atoms with Crippen molar-refractivity contribution in [3.63, 3.8) is 0 Å². The number of pyridine rings is 1. The predicted octanol–water partition coefficient (Wildman–Crippen LogP) is 2.57. The highest BCUT2D eigenvalue weighted by atomic mass is 19.1. The van der Waals surface area contributed by atoms with Crippen molar-refractivity contribution >= 4 is 5.91 Å². The van der Waals surface area contributed by atoms with E-state index < -0.39 is 5.82 Å². The Balaban J connectivity index is 1.52. The fourth-order valence-corrected chi connectivity index (χ4v) is 3.66. The molecule has 2 aliphatic rings. The molecule has 1 aliphatic carbocycles. The molecule has 0 bridgehead atoms. The van der Waals surface area contributed by atoms with E-state index in [4.69, 9.17) is 13.9 Å². The van der Waals surface area contributed by atoms with Crippen LogP contribution in [0.4, 0.5) is 4.39 Å². The first-order valence-corrected chi connectivity index (χ1v) is 8.39. The molecule has 0 aromatic carbocycles. The molecule has 25 heavy (non-hydrogen) atoms. The number of nitrogens with zero attached hydrogens (tertiary/aromatic N) is 2.